The molecule has 2 aromatic rings. The number of para-hydroxylation sites is 1. The van der Waals surface area contributed by atoms with E-state index >= 15 is 0 Å². The molecule has 0 unspecified atom stereocenters. The number of nitrogens with one attached hydrogen (secondary N) is 1. The number of thiophene rings is 1. The second-order valence-corrected chi connectivity index (χ2v) is 8.09. The fourth-order valence-electron chi connectivity index (χ4n) is 3.69. The predicted molar refractivity (Wildman–Crippen MR) is 111 cm³/mol. The van der Waals surface area contributed by atoms with Gasteiger partial charge in [-0.3, -0.25) is 9.59 Å². The normalized spacial score (nSPS) is 15.0. The quantitative estimate of drug-likeness (QED) is 0.807. The van der Waals surface area contributed by atoms with Crippen LogP contribution in [0.2, 0.25) is 0 Å². The third-order valence-corrected chi connectivity index (χ3v) is 6.25. The number of hydrogen-bond donors (Lipinski definition) is 1. The van der Waals surface area contributed by atoms with Gasteiger partial charge in [-0.15, -0.1) is 11.3 Å². The Hall–Kier alpha value is -2.14. The van der Waals surface area contributed by atoms with Crippen molar-refractivity contribution in [2.75, 3.05) is 18.4 Å². The average Bonchev–Trinajstić information content (AvgIpc) is 3.21. The Morgan fingerprint density at radius 3 is 2.30 bits per heavy atom. The van der Waals surface area contributed by atoms with Crippen LogP contribution >= 0.6 is 11.3 Å². The lowest BCUT2D eigenvalue weighted by Crippen LogP contribution is -2.42. The van der Waals surface area contributed by atoms with Crippen molar-refractivity contribution in [2.45, 2.75) is 46.0 Å². The summed E-state index contributed by atoms with van der Waals surface area (Å²) < 4.78 is 0. The van der Waals surface area contributed by atoms with E-state index in [-0.39, 0.29) is 17.7 Å². The Morgan fingerprint density at radius 1 is 1.07 bits per heavy atom. The van der Waals surface area contributed by atoms with Gasteiger partial charge in [-0.25, -0.2) is 0 Å². The summed E-state index contributed by atoms with van der Waals surface area (Å²) in [7, 11) is 0. The standard InChI is InChI=1S/C22H28N2O2S/c1-3-16-7-5-8-17(4-2)21(16)23-22(26)18-10-12-24(13-11-18)20(25)15-19-9-6-14-27-19/h5-9,14,18H,3-4,10-13,15H2,1-2H3,(H,23,26). The largest absolute Gasteiger partial charge is 0.342 e. The smallest absolute Gasteiger partial charge is 0.227 e. The maximum atomic E-state index is 12.8. The minimum Gasteiger partial charge on any atom is -0.342 e. The highest BCUT2D eigenvalue weighted by Crippen LogP contribution is 2.26. The van der Waals surface area contributed by atoms with Gasteiger partial charge in [-0.05, 0) is 48.3 Å². The van der Waals surface area contributed by atoms with Crippen molar-refractivity contribution in [3.8, 4) is 0 Å². The summed E-state index contributed by atoms with van der Waals surface area (Å²) in [6.45, 7) is 5.56. The third kappa shape index (κ3) is 4.78. The molecule has 1 aromatic heterocycles. The van der Waals surface area contributed by atoms with E-state index in [4.69, 9.17) is 0 Å². The molecule has 2 heterocycles. The first-order valence-electron chi connectivity index (χ1n) is 9.84. The molecule has 1 N–H and O–H groups in total. The highest BCUT2D eigenvalue weighted by Gasteiger charge is 2.28. The minimum absolute atomic E-state index is 0.0228. The number of likely N-dealkylation sites (tertiary alicyclic amines) is 1. The minimum atomic E-state index is -0.0228. The van der Waals surface area contributed by atoms with Crippen LogP contribution in [0.3, 0.4) is 0 Å². The van der Waals surface area contributed by atoms with Crippen LogP contribution in [0.15, 0.2) is 35.7 Å². The number of benzene rings is 1. The molecule has 1 fully saturated rings. The first kappa shape index (κ1) is 19.6. The topological polar surface area (TPSA) is 49.4 Å². The van der Waals surface area contributed by atoms with Crippen LogP contribution in [0.4, 0.5) is 5.69 Å². The number of hydrogen-bond acceptors (Lipinski definition) is 3. The SMILES string of the molecule is CCc1cccc(CC)c1NC(=O)C1CCN(C(=O)Cc2cccs2)CC1. The van der Waals surface area contributed by atoms with E-state index in [2.05, 4.69) is 37.4 Å². The van der Waals surface area contributed by atoms with Crippen molar-refractivity contribution in [1.82, 2.24) is 4.90 Å². The van der Waals surface area contributed by atoms with Gasteiger partial charge in [-0.1, -0.05) is 38.1 Å². The molecule has 0 bridgehead atoms. The lowest BCUT2D eigenvalue weighted by Gasteiger charge is -2.31. The van der Waals surface area contributed by atoms with Crippen LogP contribution in [-0.2, 0) is 28.9 Å². The van der Waals surface area contributed by atoms with Crippen LogP contribution in [-0.4, -0.2) is 29.8 Å². The summed E-state index contributed by atoms with van der Waals surface area (Å²) in [5, 5.41) is 5.19. The van der Waals surface area contributed by atoms with E-state index in [0.717, 1.165) is 36.2 Å². The molecule has 1 aromatic carbocycles. The van der Waals surface area contributed by atoms with E-state index in [1.165, 1.54) is 11.1 Å². The lowest BCUT2D eigenvalue weighted by molar-refractivity contribution is -0.133. The molecule has 1 saturated heterocycles. The zero-order chi connectivity index (χ0) is 19.2. The number of aryl methyl sites for hydroxylation is 2. The molecule has 0 saturated carbocycles. The number of rotatable bonds is 6. The fraction of sp³-hybridized carbons (Fsp3) is 0.455. The van der Waals surface area contributed by atoms with Crippen molar-refractivity contribution in [2.24, 2.45) is 5.92 Å². The molecular weight excluding hydrogens is 356 g/mol. The maximum Gasteiger partial charge on any atom is 0.227 e. The Kier molecular flexibility index (Phi) is 6.67. The van der Waals surface area contributed by atoms with Crippen molar-refractivity contribution in [3.05, 3.63) is 51.7 Å². The first-order chi connectivity index (χ1) is 13.1. The molecule has 0 spiro atoms. The molecule has 0 radical (unpaired) electrons. The number of nitrogens with zero attached hydrogens (tertiary/aromatic N) is 1. The highest BCUT2D eigenvalue weighted by molar-refractivity contribution is 7.10. The Balaban J connectivity index is 1.57. The number of carbonyl (C=O) groups is 2. The van der Waals surface area contributed by atoms with Gasteiger partial charge >= 0.3 is 0 Å². The molecule has 0 aliphatic carbocycles. The molecule has 5 heteroatoms. The summed E-state index contributed by atoms with van der Waals surface area (Å²) >= 11 is 1.62. The van der Waals surface area contributed by atoms with E-state index in [0.29, 0.717) is 19.5 Å². The molecule has 1 aliphatic heterocycles. The van der Waals surface area contributed by atoms with E-state index in [1.54, 1.807) is 11.3 Å². The number of piperidine rings is 1. The predicted octanol–water partition coefficient (Wildman–Crippen LogP) is 4.29. The summed E-state index contributed by atoms with van der Waals surface area (Å²) in [6, 6.07) is 10.2. The second kappa shape index (κ2) is 9.18. The first-order valence-corrected chi connectivity index (χ1v) is 10.7. The summed E-state index contributed by atoms with van der Waals surface area (Å²) in [6.07, 6.45) is 3.74. The molecule has 4 nitrogen and oxygen atoms in total. The van der Waals surface area contributed by atoms with E-state index in [1.807, 2.05) is 22.4 Å². The number of carbonyl (C=O) groups excluding carboxylic acids is 2. The molecule has 144 valence electrons. The summed E-state index contributed by atoms with van der Waals surface area (Å²) in [5.41, 5.74) is 3.36. The molecule has 27 heavy (non-hydrogen) atoms. The van der Waals surface area contributed by atoms with Crippen LogP contribution < -0.4 is 5.32 Å². The average molecular weight is 385 g/mol. The maximum absolute atomic E-state index is 12.8. The Morgan fingerprint density at radius 2 is 1.74 bits per heavy atom. The van der Waals surface area contributed by atoms with Gasteiger partial charge in [0.1, 0.15) is 0 Å². The van der Waals surface area contributed by atoms with Gasteiger partial charge in [-0.2, -0.15) is 0 Å². The fourth-order valence-corrected chi connectivity index (χ4v) is 4.39. The summed E-state index contributed by atoms with van der Waals surface area (Å²) in [4.78, 5) is 28.3. The number of anilines is 1. The number of amides is 2. The van der Waals surface area contributed by atoms with Gasteiger partial charge < -0.3 is 10.2 Å². The van der Waals surface area contributed by atoms with Crippen LogP contribution in [0.5, 0.6) is 0 Å². The van der Waals surface area contributed by atoms with Crippen molar-refractivity contribution < 1.29 is 9.59 Å². The Labute approximate surface area is 165 Å². The lowest BCUT2D eigenvalue weighted by atomic mass is 9.94. The van der Waals surface area contributed by atoms with E-state index in [9.17, 15) is 9.59 Å². The van der Waals surface area contributed by atoms with Gasteiger partial charge in [0.25, 0.3) is 0 Å². The molecule has 0 atom stereocenters. The van der Waals surface area contributed by atoms with Gasteiger partial charge in [0.2, 0.25) is 11.8 Å². The third-order valence-electron chi connectivity index (χ3n) is 5.37. The van der Waals surface area contributed by atoms with Crippen molar-refractivity contribution >= 4 is 28.8 Å². The van der Waals surface area contributed by atoms with Gasteiger partial charge in [0.05, 0.1) is 6.42 Å². The van der Waals surface area contributed by atoms with Crippen LogP contribution in [0.1, 0.15) is 42.7 Å². The Bertz CT molecular complexity index is 755. The zero-order valence-electron chi connectivity index (χ0n) is 16.2. The molecule has 2 amide bonds. The van der Waals surface area contributed by atoms with Crippen molar-refractivity contribution in [1.29, 1.82) is 0 Å². The van der Waals surface area contributed by atoms with Crippen LogP contribution in [0, 0.1) is 5.92 Å². The zero-order valence-corrected chi connectivity index (χ0v) is 17.0. The van der Waals surface area contributed by atoms with Crippen LogP contribution in [0.25, 0.3) is 0 Å². The van der Waals surface area contributed by atoms with Gasteiger partial charge in [0, 0.05) is 29.6 Å². The van der Waals surface area contributed by atoms with Crippen molar-refractivity contribution in [3.63, 3.8) is 0 Å². The molecule has 1 aliphatic rings. The van der Waals surface area contributed by atoms with E-state index < -0.39 is 0 Å². The van der Waals surface area contributed by atoms with Gasteiger partial charge in [0.15, 0.2) is 0 Å². The monoisotopic (exact) mass is 384 g/mol. The highest BCUT2D eigenvalue weighted by atomic mass is 32.1. The molecular formula is C22H28N2O2S. The summed E-state index contributed by atoms with van der Waals surface area (Å²) in [5.74, 6) is 0.238. The second-order valence-electron chi connectivity index (χ2n) is 7.06. The molecule has 3 rings (SSSR count).